The number of aromatic nitrogens is 2. The van der Waals surface area contributed by atoms with E-state index < -0.39 is 0 Å². The molecular weight excluding hydrogens is 434 g/mol. The van der Waals surface area contributed by atoms with E-state index in [1.54, 1.807) is 12.3 Å². The van der Waals surface area contributed by atoms with Crippen LogP contribution in [0.15, 0.2) is 41.9 Å². The summed E-state index contributed by atoms with van der Waals surface area (Å²) >= 11 is 1.54. The minimum absolute atomic E-state index is 0. The predicted octanol–water partition coefficient (Wildman–Crippen LogP) is 4.32. The molecular formula is C20H23Cl2FN4OS. The van der Waals surface area contributed by atoms with E-state index in [1.807, 2.05) is 40.8 Å². The first-order chi connectivity index (χ1) is 13.1. The highest BCUT2D eigenvalue weighted by atomic mass is 35.5. The molecule has 9 heteroatoms. The zero-order chi connectivity index (χ0) is 19.0. The van der Waals surface area contributed by atoms with Gasteiger partial charge in [0, 0.05) is 42.6 Å². The van der Waals surface area contributed by atoms with Crippen LogP contribution in [0.5, 0.6) is 0 Å². The number of halogens is 3. The maximum absolute atomic E-state index is 13.7. The molecule has 29 heavy (non-hydrogen) atoms. The molecule has 0 radical (unpaired) electrons. The van der Waals surface area contributed by atoms with E-state index in [2.05, 4.69) is 10.3 Å². The summed E-state index contributed by atoms with van der Waals surface area (Å²) in [6.45, 7) is 5.85. The predicted molar refractivity (Wildman–Crippen MR) is 118 cm³/mol. The van der Waals surface area contributed by atoms with Crippen LogP contribution in [0.3, 0.4) is 0 Å². The molecule has 1 atom stereocenters. The van der Waals surface area contributed by atoms with Crippen molar-refractivity contribution in [2.24, 2.45) is 0 Å². The number of nitrogens with one attached hydrogen (secondary N) is 1. The lowest BCUT2D eigenvalue weighted by Gasteiger charge is -2.36. The zero-order valence-corrected chi connectivity index (χ0v) is 18.5. The fraction of sp³-hybridized carbons (Fsp3) is 0.300. The van der Waals surface area contributed by atoms with Gasteiger partial charge in [-0.05, 0) is 37.6 Å². The number of rotatable bonds is 3. The number of hydrogen-bond acceptors (Lipinski definition) is 4. The highest BCUT2D eigenvalue weighted by Gasteiger charge is 2.31. The van der Waals surface area contributed by atoms with Crippen molar-refractivity contribution >= 4 is 42.1 Å². The molecule has 1 fully saturated rings. The van der Waals surface area contributed by atoms with E-state index >= 15 is 0 Å². The van der Waals surface area contributed by atoms with Crippen LogP contribution >= 0.6 is 36.2 Å². The molecule has 156 valence electrons. The molecule has 4 rings (SSSR count). The summed E-state index contributed by atoms with van der Waals surface area (Å²) in [5.41, 5.74) is 3.34. The SMILES string of the molecule is Cc1cc(C(=O)N2CCNCC2c2cccc(F)c2)c(C)n1-c1nccs1.Cl.Cl. The Bertz CT molecular complexity index is 977. The van der Waals surface area contributed by atoms with Gasteiger partial charge in [0.15, 0.2) is 5.13 Å². The molecule has 1 unspecified atom stereocenters. The van der Waals surface area contributed by atoms with Crippen LogP contribution in [0.1, 0.15) is 33.4 Å². The number of carbonyl (C=O) groups is 1. The molecule has 3 aromatic rings. The first-order valence-electron chi connectivity index (χ1n) is 8.92. The monoisotopic (exact) mass is 456 g/mol. The Hall–Kier alpha value is -1.93. The Morgan fingerprint density at radius 1 is 1.28 bits per heavy atom. The van der Waals surface area contributed by atoms with Crippen LogP contribution in [-0.2, 0) is 0 Å². The second-order valence-electron chi connectivity index (χ2n) is 6.71. The van der Waals surface area contributed by atoms with Crippen LogP contribution in [-0.4, -0.2) is 40.0 Å². The fourth-order valence-electron chi connectivity index (χ4n) is 3.71. The van der Waals surface area contributed by atoms with Crippen LogP contribution in [0.2, 0.25) is 0 Å². The van der Waals surface area contributed by atoms with Crippen LogP contribution in [0, 0.1) is 19.7 Å². The van der Waals surface area contributed by atoms with Crippen molar-refractivity contribution < 1.29 is 9.18 Å². The Morgan fingerprint density at radius 2 is 2.07 bits per heavy atom. The quantitative estimate of drug-likeness (QED) is 0.638. The molecule has 1 amide bonds. The second kappa shape index (κ2) is 9.71. The molecule has 0 aliphatic carbocycles. The van der Waals surface area contributed by atoms with Gasteiger partial charge in [0.05, 0.1) is 11.6 Å². The van der Waals surface area contributed by atoms with E-state index in [9.17, 15) is 9.18 Å². The number of piperazine rings is 1. The number of carbonyl (C=O) groups excluding carboxylic acids is 1. The Labute approximate surface area is 185 Å². The van der Waals surface area contributed by atoms with Gasteiger partial charge in [0.1, 0.15) is 5.82 Å². The summed E-state index contributed by atoms with van der Waals surface area (Å²) in [5.74, 6) is -0.311. The molecule has 0 spiro atoms. The highest BCUT2D eigenvalue weighted by Crippen LogP contribution is 2.28. The summed E-state index contributed by atoms with van der Waals surface area (Å²) in [5, 5.41) is 6.09. The van der Waals surface area contributed by atoms with Crippen LogP contribution < -0.4 is 5.32 Å². The molecule has 5 nitrogen and oxygen atoms in total. The molecule has 1 N–H and O–H groups in total. The lowest BCUT2D eigenvalue weighted by atomic mass is 10.0. The molecule has 1 aliphatic heterocycles. The van der Waals surface area contributed by atoms with E-state index in [0.29, 0.717) is 18.7 Å². The lowest BCUT2D eigenvalue weighted by Crippen LogP contribution is -2.48. The number of hydrogen-bond donors (Lipinski definition) is 1. The highest BCUT2D eigenvalue weighted by molar-refractivity contribution is 7.12. The minimum Gasteiger partial charge on any atom is -0.329 e. The first-order valence-corrected chi connectivity index (χ1v) is 9.80. The summed E-state index contributed by atoms with van der Waals surface area (Å²) in [6, 6.07) is 8.23. The molecule has 0 saturated carbocycles. The summed E-state index contributed by atoms with van der Waals surface area (Å²) in [7, 11) is 0. The summed E-state index contributed by atoms with van der Waals surface area (Å²) in [4.78, 5) is 19.6. The smallest absolute Gasteiger partial charge is 0.256 e. The first kappa shape index (κ1) is 23.3. The molecule has 1 saturated heterocycles. The number of amides is 1. The standard InChI is InChI=1S/C20H21FN4OS.2ClH/c1-13-10-17(14(2)25(13)20-23-7-9-27-20)19(26)24-8-6-22-12-18(24)15-4-3-5-16(21)11-15;;/h3-5,7,9-11,18,22H,6,8,12H2,1-2H3;2*1H. The van der Waals surface area contributed by atoms with E-state index in [-0.39, 0.29) is 42.6 Å². The van der Waals surface area contributed by atoms with E-state index in [0.717, 1.165) is 28.6 Å². The van der Waals surface area contributed by atoms with Gasteiger partial charge in [0.25, 0.3) is 5.91 Å². The largest absolute Gasteiger partial charge is 0.329 e. The molecule has 1 aliphatic rings. The maximum Gasteiger partial charge on any atom is 0.256 e. The Balaban J connectivity index is 0.00000150. The van der Waals surface area contributed by atoms with Gasteiger partial charge < -0.3 is 10.2 Å². The minimum atomic E-state index is -0.285. The normalized spacial score (nSPS) is 16.1. The number of aryl methyl sites for hydroxylation is 1. The van der Waals surface area contributed by atoms with Crippen molar-refractivity contribution in [3.8, 4) is 5.13 Å². The number of nitrogens with zero attached hydrogens (tertiary/aromatic N) is 3. The van der Waals surface area contributed by atoms with Gasteiger partial charge in [-0.25, -0.2) is 9.37 Å². The fourth-order valence-corrected chi connectivity index (χ4v) is 4.47. The summed E-state index contributed by atoms with van der Waals surface area (Å²) < 4.78 is 15.7. The zero-order valence-electron chi connectivity index (χ0n) is 16.1. The van der Waals surface area contributed by atoms with Crippen molar-refractivity contribution in [3.63, 3.8) is 0 Å². The third-order valence-corrected chi connectivity index (χ3v) is 5.77. The second-order valence-corrected chi connectivity index (χ2v) is 7.58. The van der Waals surface area contributed by atoms with Crippen LogP contribution in [0.25, 0.3) is 5.13 Å². The topological polar surface area (TPSA) is 50.2 Å². The molecule has 2 aromatic heterocycles. The van der Waals surface area contributed by atoms with Crippen molar-refractivity contribution in [2.75, 3.05) is 19.6 Å². The van der Waals surface area contributed by atoms with Gasteiger partial charge >= 0.3 is 0 Å². The van der Waals surface area contributed by atoms with Crippen LogP contribution in [0.4, 0.5) is 4.39 Å². The maximum atomic E-state index is 13.7. The van der Waals surface area contributed by atoms with Crippen molar-refractivity contribution in [3.05, 3.63) is 70.2 Å². The third-order valence-electron chi connectivity index (χ3n) is 5.01. The molecule has 1 aromatic carbocycles. The van der Waals surface area contributed by atoms with Gasteiger partial charge in [0.2, 0.25) is 0 Å². The van der Waals surface area contributed by atoms with E-state index in [4.69, 9.17) is 0 Å². The number of benzene rings is 1. The molecule has 0 bridgehead atoms. The summed E-state index contributed by atoms with van der Waals surface area (Å²) in [6.07, 6.45) is 1.76. The van der Waals surface area contributed by atoms with Crippen molar-refractivity contribution in [1.82, 2.24) is 19.8 Å². The number of thiazole rings is 1. The van der Waals surface area contributed by atoms with Crippen molar-refractivity contribution in [1.29, 1.82) is 0 Å². The van der Waals surface area contributed by atoms with Gasteiger partial charge in [-0.1, -0.05) is 12.1 Å². The third kappa shape index (κ3) is 4.48. The van der Waals surface area contributed by atoms with Gasteiger partial charge in [-0.3, -0.25) is 9.36 Å². The average molecular weight is 457 g/mol. The Kier molecular flexibility index (Phi) is 7.82. The van der Waals surface area contributed by atoms with Crippen molar-refractivity contribution in [2.45, 2.75) is 19.9 Å². The van der Waals surface area contributed by atoms with Gasteiger partial charge in [-0.15, -0.1) is 36.2 Å². The molecule has 3 heterocycles. The average Bonchev–Trinajstić information content (AvgIpc) is 3.29. The van der Waals surface area contributed by atoms with E-state index in [1.165, 1.54) is 23.5 Å². The Morgan fingerprint density at radius 3 is 2.76 bits per heavy atom. The van der Waals surface area contributed by atoms with Gasteiger partial charge in [-0.2, -0.15) is 0 Å². The lowest BCUT2D eigenvalue weighted by molar-refractivity contribution is 0.0633.